The number of rotatable bonds is 5. The maximum Gasteiger partial charge on any atom is 0.314 e. The van der Waals surface area contributed by atoms with E-state index >= 15 is 0 Å². The Morgan fingerprint density at radius 2 is 2.40 bits per heavy atom. The molecule has 0 aliphatic rings. The minimum absolute atomic E-state index is 0.0366. The first-order chi connectivity index (χ1) is 7.16. The summed E-state index contributed by atoms with van der Waals surface area (Å²) in [6.07, 6.45) is 2.31. The SMILES string of the molecule is Cc1ccnc(NCCCN)c1[N+](=O)[O-]. The summed E-state index contributed by atoms with van der Waals surface area (Å²) in [6, 6.07) is 1.62. The van der Waals surface area contributed by atoms with Crippen LogP contribution in [0.2, 0.25) is 0 Å². The van der Waals surface area contributed by atoms with Crippen LogP contribution in [-0.2, 0) is 0 Å². The van der Waals surface area contributed by atoms with Crippen LogP contribution in [0, 0.1) is 17.0 Å². The van der Waals surface area contributed by atoms with Crippen molar-refractivity contribution < 1.29 is 4.92 Å². The van der Waals surface area contributed by atoms with Crippen LogP contribution < -0.4 is 11.1 Å². The number of anilines is 1. The van der Waals surface area contributed by atoms with Crippen LogP contribution in [0.5, 0.6) is 0 Å². The molecule has 0 radical (unpaired) electrons. The number of nitro groups is 1. The molecule has 0 aliphatic carbocycles. The second-order valence-corrected chi connectivity index (χ2v) is 3.15. The molecule has 0 saturated carbocycles. The van der Waals surface area contributed by atoms with Crippen LogP contribution in [0.25, 0.3) is 0 Å². The quantitative estimate of drug-likeness (QED) is 0.430. The Kier molecular flexibility index (Phi) is 3.99. The highest BCUT2D eigenvalue weighted by molar-refractivity contribution is 5.59. The lowest BCUT2D eigenvalue weighted by Crippen LogP contribution is -2.11. The van der Waals surface area contributed by atoms with Gasteiger partial charge in [0, 0.05) is 18.3 Å². The average Bonchev–Trinajstić information content (AvgIpc) is 2.17. The molecule has 15 heavy (non-hydrogen) atoms. The van der Waals surface area contributed by atoms with E-state index in [1.165, 1.54) is 0 Å². The predicted octanol–water partition coefficient (Wildman–Crippen LogP) is 1.06. The summed E-state index contributed by atoms with van der Waals surface area (Å²) >= 11 is 0. The summed E-state index contributed by atoms with van der Waals surface area (Å²) in [6.45, 7) is 2.83. The third-order valence-electron chi connectivity index (χ3n) is 1.98. The monoisotopic (exact) mass is 210 g/mol. The van der Waals surface area contributed by atoms with Gasteiger partial charge >= 0.3 is 5.69 Å². The van der Waals surface area contributed by atoms with Crippen LogP contribution in [0.4, 0.5) is 11.5 Å². The lowest BCUT2D eigenvalue weighted by Gasteiger charge is -2.06. The molecule has 0 atom stereocenters. The average molecular weight is 210 g/mol. The molecule has 6 heteroatoms. The first-order valence-corrected chi connectivity index (χ1v) is 4.70. The zero-order valence-electron chi connectivity index (χ0n) is 8.56. The van der Waals surface area contributed by atoms with Gasteiger partial charge in [-0.2, -0.15) is 0 Å². The Labute approximate surface area is 87.7 Å². The maximum atomic E-state index is 10.8. The standard InChI is InChI=1S/C9H14N4O2/c1-7-3-6-12-9(8(7)13(14)15)11-5-2-4-10/h3,6H,2,4-5,10H2,1H3,(H,11,12). The smallest absolute Gasteiger partial charge is 0.314 e. The van der Waals surface area contributed by atoms with Crippen molar-refractivity contribution >= 4 is 11.5 Å². The van der Waals surface area contributed by atoms with E-state index in [1.54, 1.807) is 19.2 Å². The van der Waals surface area contributed by atoms with E-state index in [-0.39, 0.29) is 5.69 Å². The fraction of sp³-hybridized carbons (Fsp3) is 0.444. The Bertz CT molecular complexity index is 354. The van der Waals surface area contributed by atoms with Crippen LogP contribution >= 0.6 is 0 Å². The summed E-state index contributed by atoms with van der Waals surface area (Å²) < 4.78 is 0. The maximum absolute atomic E-state index is 10.8. The van der Waals surface area contributed by atoms with Gasteiger partial charge in [-0.05, 0) is 26.0 Å². The number of aryl methyl sites for hydroxylation is 1. The van der Waals surface area contributed by atoms with Crippen molar-refractivity contribution in [2.45, 2.75) is 13.3 Å². The zero-order chi connectivity index (χ0) is 11.3. The molecule has 1 aromatic rings. The molecule has 0 bridgehead atoms. The van der Waals surface area contributed by atoms with Gasteiger partial charge in [0.1, 0.15) is 0 Å². The number of nitrogens with zero attached hydrogens (tertiary/aromatic N) is 2. The van der Waals surface area contributed by atoms with Gasteiger partial charge in [0.25, 0.3) is 0 Å². The summed E-state index contributed by atoms with van der Waals surface area (Å²) in [7, 11) is 0. The van der Waals surface area contributed by atoms with Crippen molar-refractivity contribution in [1.82, 2.24) is 4.98 Å². The molecule has 3 N–H and O–H groups in total. The molecule has 0 unspecified atom stereocenters. The summed E-state index contributed by atoms with van der Waals surface area (Å²) in [5, 5.41) is 13.7. The van der Waals surface area contributed by atoms with Crippen molar-refractivity contribution in [1.29, 1.82) is 0 Å². The van der Waals surface area contributed by atoms with Crippen molar-refractivity contribution in [3.8, 4) is 0 Å². The first-order valence-electron chi connectivity index (χ1n) is 4.70. The molecule has 0 amide bonds. The third kappa shape index (κ3) is 2.88. The summed E-state index contributed by atoms with van der Waals surface area (Å²) in [5.74, 6) is 0.313. The Morgan fingerprint density at radius 1 is 1.67 bits per heavy atom. The van der Waals surface area contributed by atoms with E-state index in [2.05, 4.69) is 10.3 Å². The molecule has 6 nitrogen and oxygen atoms in total. The highest BCUT2D eigenvalue weighted by Crippen LogP contribution is 2.24. The Morgan fingerprint density at radius 3 is 3.00 bits per heavy atom. The van der Waals surface area contributed by atoms with E-state index in [1.807, 2.05) is 0 Å². The van der Waals surface area contributed by atoms with Crippen molar-refractivity contribution in [3.63, 3.8) is 0 Å². The first kappa shape index (κ1) is 11.4. The summed E-state index contributed by atoms with van der Waals surface area (Å²) in [5.41, 5.74) is 5.96. The zero-order valence-corrected chi connectivity index (χ0v) is 8.56. The van der Waals surface area contributed by atoms with Gasteiger partial charge in [0.15, 0.2) is 0 Å². The molecule has 1 heterocycles. The Hall–Kier alpha value is -1.69. The molecule has 0 aliphatic heterocycles. The van der Waals surface area contributed by atoms with Crippen LogP contribution in [-0.4, -0.2) is 23.0 Å². The second kappa shape index (κ2) is 5.26. The molecule has 0 spiro atoms. The second-order valence-electron chi connectivity index (χ2n) is 3.15. The van der Waals surface area contributed by atoms with E-state index < -0.39 is 4.92 Å². The normalized spacial score (nSPS) is 10.0. The van der Waals surface area contributed by atoms with E-state index in [0.29, 0.717) is 24.5 Å². The number of pyridine rings is 1. The fourth-order valence-electron chi connectivity index (χ4n) is 1.22. The number of nitrogens with one attached hydrogen (secondary N) is 1. The lowest BCUT2D eigenvalue weighted by atomic mass is 10.2. The van der Waals surface area contributed by atoms with Gasteiger partial charge in [-0.3, -0.25) is 10.1 Å². The summed E-state index contributed by atoms with van der Waals surface area (Å²) in [4.78, 5) is 14.3. The fourth-order valence-corrected chi connectivity index (χ4v) is 1.22. The number of hydrogen-bond acceptors (Lipinski definition) is 5. The largest absolute Gasteiger partial charge is 0.364 e. The van der Waals surface area contributed by atoms with Crippen molar-refractivity contribution in [2.24, 2.45) is 5.73 Å². The molecule has 0 aromatic carbocycles. The molecular weight excluding hydrogens is 196 g/mol. The topological polar surface area (TPSA) is 94.1 Å². The van der Waals surface area contributed by atoms with Gasteiger partial charge in [0.05, 0.1) is 4.92 Å². The van der Waals surface area contributed by atoms with Crippen LogP contribution in [0.15, 0.2) is 12.3 Å². The van der Waals surface area contributed by atoms with E-state index in [0.717, 1.165) is 6.42 Å². The molecular formula is C9H14N4O2. The molecule has 1 aromatic heterocycles. The van der Waals surface area contributed by atoms with Gasteiger partial charge in [0.2, 0.25) is 5.82 Å². The highest BCUT2D eigenvalue weighted by Gasteiger charge is 2.17. The Balaban J connectivity index is 2.86. The van der Waals surface area contributed by atoms with Crippen LogP contribution in [0.3, 0.4) is 0 Å². The molecule has 1 rings (SSSR count). The number of nitrogens with two attached hydrogens (primary N) is 1. The van der Waals surface area contributed by atoms with E-state index in [4.69, 9.17) is 5.73 Å². The van der Waals surface area contributed by atoms with Crippen LogP contribution in [0.1, 0.15) is 12.0 Å². The van der Waals surface area contributed by atoms with Crippen molar-refractivity contribution in [2.75, 3.05) is 18.4 Å². The van der Waals surface area contributed by atoms with Gasteiger partial charge < -0.3 is 11.1 Å². The minimum atomic E-state index is -0.423. The predicted molar refractivity (Wildman–Crippen MR) is 57.8 cm³/mol. The molecule has 0 fully saturated rings. The highest BCUT2D eigenvalue weighted by atomic mass is 16.6. The lowest BCUT2D eigenvalue weighted by molar-refractivity contribution is -0.384. The minimum Gasteiger partial charge on any atom is -0.364 e. The van der Waals surface area contributed by atoms with E-state index in [9.17, 15) is 10.1 Å². The number of aromatic nitrogens is 1. The molecule has 0 saturated heterocycles. The van der Waals surface area contributed by atoms with Gasteiger partial charge in [-0.25, -0.2) is 4.98 Å². The third-order valence-corrected chi connectivity index (χ3v) is 1.98. The number of hydrogen-bond donors (Lipinski definition) is 2. The van der Waals surface area contributed by atoms with Gasteiger partial charge in [-0.1, -0.05) is 0 Å². The van der Waals surface area contributed by atoms with Crippen molar-refractivity contribution in [3.05, 3.63) is 27.9 Å². The molecule has 82 valence electrons. The van der Waals surface area contributed by atoms with Gasteiger partial charge in [-0.15, -0.1) is 0 Å².